The molecule has 0 saturated carbocycles. The zero-order chi connectivity index (χ0) is 18.7. The largest absolute Gasteiger partial charge is 0.423 e. The molecule has 9 heteroatoms. The Labute approximate surface area is 146 Å². The number of nitro benzene ring substituents is 1. The summed E-state index contributed by atoms with van der Waals surface area (Å²) < 4.78 is 40.6. The van der Waals surface area contributed by atoms with Gasteiger partial charge in [0.2, 0.25) is 0 Å². The SMILES string of the molecule is O=[N+]([O-])c1ccc(NCc2cnn(-c3ccccc3)c2)cc1C(F)(F)F. The molecule has 2 aromatic carbocycles. The van der Waals surface area contributed by atoms with E-state index in [1.807, 2.05) is 30.3 Å². The van der Waals surface area contributed by atoms with Gasteiger partial charge in [-0.3, -0.25) is 10.1 Å². The Morgan fingerprint density at radius 3 is 2.54 bits per heavy atom. The molecule has 1 heterocycles. The van der Waals surface area contributed by atoms with Gasteiger partial charge in [-0.05, 0) is 24.3 Å². The second-order valence-corrected chi connectivity index (χ2v) is 5.47. The molecule has 0 radical (unpaired) electrons. The molecule has 0 aliphatic rings. The standard InChI is InChI=1S/C17H13F3N4O2/c18-17(19,20)15-8-13(6-7-16(15)24(25)26)21-9-12-10-22-23(11-12)14-4-2-1-3-5-14/h1-8,10-11,21H,9H2. The molecule has 0 unspecified atom stereocenters. The van der Waals surface area contributed by atoms with E-state index in [4.69, 9.17) is 0 Å². The Hall–Kier alpha value is -3.36. The summed E-state index contributed by atoms with van der Waals surface area (Å²) in [4.78, 5) is 9.73. The highest BCUT2D eigenvalue weighted by Gasteiger charge is 2.38. The van der Waals surface area contributed by atoms with E-state index in [0.717, 1.165) is 23.4 Å². The number of halogens is 3. The zero-order valence-electron chi connectivity index (χ0n) is 13.3. The van der Waals surface area contributed by atoms with Gasteiger partial charge >= 0.3 is 6.18 Å². The van der Waals surface area contributed by atoms with Gasteiger partial charge in [-0.1, -0.05) is 18.2 Å². The normalized spacial score (nSPS) is 11.3. The molecule has 0 aliphatic heterocycles. The van der Waals surface area contributed by atoms with Crippen LogP contribution in [-0.4, -0.2) is 14.7 Å². The number of benzene rings is 2. The van der Waals surface area contributed by atoms with E-state index in [-0.39, 0.29) is 12.2 Å². The van der Waals surface area contributed by atoms with Crippen LogP contribution in [0.15, 0.2) is 60.9 Å². The molecule has 1 aromatic heterocycles. The third kappa shape index (κ3) is 3.82. The quantitative estimate of drug-likeness (QED) is 0.539. The molecular formula is C17H13F3N4O2. The summed E-state index contributed by atoms with van der Waals surface area (Å²) in [5.74, 6) is 0. The van der Waals surface area contributed by atoms with Crippen molar-refractivity contribution in [3.05, 3.63) is 82.2 Å². The smallest absolute Gasteiger partial charge is 0.381 e. The molecule has 0 spiro atoms. The van der Waals surface area contributed by atoms with Crippen molar-refractivity contribution in [2.24, 2.45) is 0 Å². The Morgan fingerprint density at radius 2 is 1.88 bits per heavy atom. The van der Waals surface area contributed by atoms with Crippen molar-refractivity contribution < 1.29 is 18.1 Å². The van der Waals surface area contributed by atoms with Crippen LogP contribution in [0.2, 0.25) is 0 Å². The lowest BCUT2D eigenvalue weighted by molar-refractivity contribution is -0.388. The van der Waals surface area contributed by atoms with E-state index in [1.165, 1.54) is 6.07 Å². The number of aromatic nitrogens is 2. The zero-order valence-corrected chi connectivity index (χ0v) is 13.3. The van der Waals surface area contributed by atoms with Crippen LogP contribution >= 0.6 is 0 Å². The predicted octanol–water partition coefficient (Wildman–Crippen LogP) is 4.41. The minimum Gasteiger partial charge on any atom is -0.381 e. The Morgan fingerprint density at radius 1 is 1.15 bits per heavy atom. The number of para-hydroxylation sites is 1. The van der Waals surface area contributed by atoms with Gasteiger partial charge in [-0.15, -0.1) is 0 Å². The van der Waals surface area contributed by atoms with Gasteiger partial charge in [0.1, 0.15) is 5.56 Å². The van der Waals surface area contributed by atoms with E-state index < -0.39 is 22.4 Å². The van der Waals surface area contributed by atoms with Crippen LogP contribution in [0.25, 0.3) is 5.69 Å². The van der Waals surface area contributed by atoms with Crippen molar-refractivity contribution in [3.8, 4) is 5.69 Å². The highest BCUT2D eigenvalue weighted by Crippen LogP contribution is 2.37. The van der Waals surface area contributed by atoms with Gasteiger partial charge in [0.25, 0.3) is 5.69 Å². The number of nitrogens with one attached hydrogen (secondary N) is 1. The van der Waals surface area contributed by atoms with E-state index in [0.29, 0.717) is 0 Å². The van der Waals surface area contributed by atoms with Gasteiger partial charge in [-0.25, -0.2) is 4.68 Å². The maximum Gasteiger partial charge on any atom is 0.423 e. The summed E-state index contributed by atoms with van der Waals surface area (Å²) in [6, 6.07) is 12.2. The average molecular weight is 362 g/mol. The number of nitrogens with zero attached hydrogens (tertiary/aromatic N) is 3. The minimum atomic E-state index is -4.81. The summed E-state index contributed by atoms with van der Waals surface area (Å²) in [6.07, 6.45) is -1.47. The molecule has 26 heavy (non-hydrogen) atoms. The molecule has 3 aromatic rings. The number of rotatable bonds is 5. The number of nitro groups is 1. The maximum atomic E-state index is 13.0. The van der Waals surface area contributed by atoms with Crippen LogP contribution in [-0.2, 0) is 12.7 Å². The lowest BCUT2D eigenvalue weighted by Crippen LogP contribution is -2.10. The molecule has 0 atom stereocenters. The maximum absolute atomic E-state index is 13.0. The van der Waals surface area contributed by atoms with Crippen LogP contribution in [0.4, 0.5) is 24.5 Å². The fourth-order valence-electron chi connectivity index (χ4n) is 2.41. The van der Waals surface area contributed by atoms with Crippen LogP contribution in [0, 0.1) is 10.1 Å². The molecular weight excluding hydrogens is 349 g/mol. The Bertz CT molecular complexity index is 923. The van der Waals surface area contributed by atoms with Crippen LogP contribution in [0.5, 0.6) is 0 Å². The first-order valence-electron chi connectivity index (χ1n) is 7.53. The predicted molar refractivity (Wildman–Crippen MR) is 89.0 cm³/mol. The first-order chi connectivity index (χ1) is 12.3. The molecule has 0 amide bonds. The van der Waals surface area contributed by atoms with E-state index in [2.05, 4.69) is 10.4 Å². The first kappa shape index (κ1) is 17.5. The molecule has 0 aliphatic carbocycles. The number of hydrogen-bond acceptors (Lipinski definition) is 4. The van der Waals surface area contributed by atoms with Crippen LogP contribution in [0.3, 0.4) is 0 Å². The fraction of sp³-hybridized carbons (Fsp3) is 0.118. The first-order valence-corrected chi connectivity index (χ1v) is 7.53. The second-order valence-electron chi connectivity index (χ2n) is 5.47. The lowest BCUT2D eigenvalue weighted by Gasteiger charge is -2.10. The third-order valence-electron chi connectivity index (χ3n) is 3.65. The minimum absolute atomic E-state index is 0.135. The average Bonchev–Trinajstić information content (AvgIpc) is 3.08. The van der Waals surface area contributed by atoms with Gasteiger partial charge in [0.05, 0.1) is 16.8 Å². The Balaban J connectivity index is 1.76. The summed E-state index contributed by atoms with van der Waals surface area (Å²) in [6.45, 7) is 0.224. The van der Waals surface area contributed by atoms with Gasteiger partial charge in [-0.2, -0.15) is 18.3 Å². The molecule has 3 rings (SSSR count). The van der Waals surface area contributed by atoms with Crippen molar-refractivity contribution in [2.75, 3.05) is 5.32 Å². The highest BCUT2D eigenvalue weighted by molar-refractivity contribution is 5.55. The van der Waals surface area contributed by atoms with E-state index in [9.17, 15) is 23.3 Å². The van der Waals surface area contributed by atoms with Crippen molar-refractivity contribution >= 4 is 11.4 Å². The van der Waals surface area contributed by atoms with Crippen LogP contribution < -0.4 is 5.32 Å². The monoisotopic (exact) mass is 362 g/mol. The topological polar surface area (TPSA) is 73.0 Å². The Kier molecular flexibility index (Phi) is 4.61. The van der Waals surface area contributed by atoms with Crippen molar-refractivity contribution in [1.29, 1.82) is 0 Å². The summed E-state index contributed by atoms with van der Waals surface area (Å²) >= 11 is 0. The molecule has 6 nitrogen and oxygen atoms in total. The summed E-state index contributed by atoms with van der Waals surface area (Å²) in [5, 5.41) is 17.8. The number of anilines is 1. The molecule has 0 bridgehead atoms. The number of hydrogen-bond donors (Lipinski definition) is 1. The second kappa shape index (κ2) is 6.87. The van der Waals surface area contributed by atoms with Crippen LogP contribution in [0.1, 0.15) is 11.1 Å². The molecule has 1 N–H and O–H groups in total. The summed E-state index contributed by atoms with van der Waals surface area (Å²) in [7, 11) is 0. The highest BCUT2D eigenvalue weighted by atomic mass is 19.4. The van der Waals surface area contributed by atoms with Gasteiger partial charge < -0.3 is 5.32 Å². The van der Waals surface area contributed by atoms with E-state index in [1.54, 1.807) is 17.1 Å². The van der Waals surface area contributed by atoms with Crippen molar-refractivity contribution in [3.63, 3.8) is 0 Å². The van der Waals surface area contributed by atoms with Gasteiger partial charge in [0.15, 0.2) is 0 Å². The molecule has 0 saturated heterocycles. The molecule has 0 fully saturated rings. The lowest BCUT2D eigenvalue weighted by atomic mass is 10.1. The third-order valence-corrected chi connectivity index (χ3v) is 3.65. The fourth-order valence-corrected chi connectivity index (χ4v) is 2.41. The molecule has 134 valence electrons. The number of alkyl halides is 3. The van der Waals surface area contributed by atoms with E-state index >= 15 is 0 Å². The van der Waals surface area contributed by atoms with Crippen molar-refractivity contribution in [2.45, 2.75) is 12.7 Å². The van der Waals surface area contributed by atoms with Crippen molar-refractivity contribution in [1.82, 2.24) is 9.78 Å². The van der Waals surface area contributed by atoms with Gasteiger partial charge in [0, 0.05) is 30.1 Å². The summed E-state index contributed by atoms with van der Waals surface area (Å²) in [5.41, 5.74) is -0.517.